The molecule has 1 aliphatic rings. The zero-order valence-corrected chi connectivity index (χ0v) is 12.4. The van der Waals surface area contributed by atoms with Crippen molar-refractivity contribution in [1.29, 1.82) is 0 Å². The summed E-state index contributed by atoms with van der Waals surface area (Å²) in [7, 11) is 1.43. The van der Waals surface area contributed by atoms with Crippen LogP contribution in [-0.4, -0.2) is 36.1 Å². The summed E-state index contributed by atoms with van der Waals surface area (Å²) in [6.45, 7) is 4.26. The van der Waals surface area contributed by atoms with Crippen LogP contribution < -0.4 is 0 Å². The molecule has 104 valence electrons. The normalized spacial score (nSPS) is 23.6. The second kappa shape index (κ2) is 6.07. The molecular weight excluding hydrogens is 287 g/mol. The fourth-order valence-electron chi connectivity index (χ4n) is 2.45. The van der Waals surface area contributed by atoms with E-state index < -0.39 is 0 Å². The van der Waals surface area contributed by atoms with Crippen molar-refractivity contribution in [2.45, 2.75) is 13.5 Å². The lowest BCUT2D eigenvalue weighted by Crippen LogP contribution is -2.24. The second-order valence-electron chi connectivity index (χ2n) is 4.90. The molecule has 1 aromatic rings. The number of hydrogen-bond donors (Lipinski definition) is 0. The maximum atomic E-state index is 11.6. The summed E-state index contributed by atoms with van der Waals surface area (Å²) in [5, 5.41) is 0.991. The first-order chi connectivity index (χ1) is 9.01. The quantitative estimate of drug-likeness (QED) is 0.636. The molecule has 4 nitrogen and oxygen atoms in total. The number of nitrogens with zero attached hydrogens (tertiary/aromatic N) is 2. The Morgan fingerprint density at radius 1 is 1.53 bits per heavy atom. The van der Waals surface area contributed by atoms with Crippen molar-refractivity contribution in [2.75, 3.05) is 20.2 Å². The average molecular weight is 303 g/mol. The third-order valence-electron chi connectivity index (χ3n) is 3.48. The second-order valence-corrected chi connectivity index (χ2v) is 5.69. The van der Waals surface area contributed by atoms with E-state index in [9.17, 15) is 4.79 Å². The van der Waals surface area contributed by atoms with Gasteiger partial charge in [-0.2, -0.15) is 0 Å². The zero-order valence-electron chi connectivity index (χ0n) is 10.9. The summed E-state index contributed by atoms with van der Waals surface area (Å²) in [6.07, 6.45) is 1.68. The summed E-state index contributed by atoms with van der Waals surface area (Å²) in [5.74, 6) is 0.0749. The smallest absolute Gasteiger partial charge is 0.310 e. The number of hydrogen-bond acceptors (Lipinski definition) is 4. The van der Waals surface area contributed by atoms with Crippen LogP contribution >= 0.6 is 23.2 Å². The predicted octanol–water partition coefficient (Wildman–Crippen LogP) is 2.63. The monoisotopic (exact) mass is 302 g/mol. The first kappa shape index (κ1) is 14.6. The Morgan fingerprint density at radius 2 is 2.26 bits per heavy atom. The van der Waals surface area contributed by atoms with Crippen molar-refractivity contribution in [2.24, 2.45) is 11.8 Å². The Balaban J connectivity index is 2.03. The minimum atomic E-state index is -0.143. The Labute approximate surface area is 122 Å². The van der Waals surface area contributed by atoms with Crippen LogP contribution in [0.5, 0.6) is 0 Å². The molecule has 0 aliphatic carbocycles. The highest BCUT2D eigenvalue weighted by Crippen LogP contribution is 2.27. The zero-order chi connectivity index (χ0) is 14.0. The largest absolute Gasteiger partial charge is 0.469 e. The SMILES string of the molecule is COC(=O)C1CN(Cc2cnc(Cl)cc2Cl)CC1C. The molecule has 1 aliphatic heterocycles. The Bertz CT molecular complexity index is 482. The first-order valence-electron chi connectivity index (χ1n) is 6.11. The van der Waals surface area contributed by atoms with Gasteiger partial charge in [-0.05, 0) is 12.0 Å². The topological polar surface area (TPSA) is 42.4 Å². The van der Waals surface area contributed by atoms with Crippen LogP contribution in [0.25, 0.3) is 0 Å². The molecule has 2 rings (SSSR count). The first-order valence-corrected chi connectivity index (χ1v) is 6.87. The van der Waals surface area contributed by atoms with Crippen molar-refractivity contribution in [3.63, 3.8) is 0 Å². The molecule has 0 spiro atoms. The summed E-state index contributed by atoms with van der Waals surface area (Å²) in [6, 6.07) is 1.63. The van der Waals surface area contributed by atoms with Gasteiger partial charge in [0.25, 0.3) is 0 Å². The predicted molar refractivity (Wildman–Crippen MR) is 74.2 cm³/mol. The Kier molecular flexibility index (Phi) is 4.66. The van der Waals surface area contributed by atoms with E-state index in [1.54, 1.807) is 12.3 Å². The van der Waals surface area contributed by atoms with Gasteiger partial charge in [0.15, 0.2) is 0 Å². The van der Waals surface area contributed by atoms with E-state index in [1.165, 1.54) is 7.11 Å². The number of pyridine rings is 1. The van der Waals surface area contributed by atoms with Gasteiger partial charge in [0.2, 0.25) is 0 Å². The molecule has 0 radical (unpaired) electrons. The molecule has 2 atom stereocenters. The van der Waals surface area contributed by atoms with E-state index >= 15 is 0 Å². The molecule has 0 aromatic carbocycles. The van der Waals surface area contributed by atoms with Crippen molar-refractivity contribution in [3.8, 4) is 0 Å². The van der Waals surface area contributed by atoms with E-state index in [2.05, 4.69) is 16.8 Å². The third kappa shape index (κ3) is 3.38. The fraction of sp³-hybridized carbons (Fsp3) is 0.538. The van der Waals surface area contributed by atoms with Gasteiger partial charge in [-0.25, -0.2) is 4.98 Å². The highest BCUT2D eigenvalue weighted by molar-refractivity contribution is 6.34. The maximum Gasteiger partial charge on any atom is 0.310 e. The van der Waals surface area contributed by atoms with Crippen LogP contribution in [0.2, 0.25) is 10.2 Å². The summed E-state index contributed by atoms with van der Waals surface area (Å²) < 4.78 is 4.82. The summed E-state index contributed by atoms with van der Waals surface area (Å²) in [5.41, 5.74) is 0.920. The van der Waals surface area contributed by atoms with Gasteiger partial charge in [0.05, 0.1) is 13.0 Å². The molecule has 1 aromatic heterocycles. The maximum absolute atomic E-state index is 11.6. The van der Waals surface area contributed by atoms with E-state index in [0.717, 1.165) is 12.1 Å². The minimum Gasteiger partial charge on any atom is -0.469 e. The molecule has 2 heterocycles. The molecule has 0 bridgehead atoms. The third-order valence-corrected chi connectivity index (χ3v) is 4.04. The van der Waals surface area contributed by atoms with Gasteiger partial charge >= 0.3 is 5.97 Å². The number of halogens is 2. The van der Waals surface area contributed by atoms with Crippen LogP contribution in [0, 0.1) is 11.8 Å². The van der Waals surface area contributed by atoms with Gasteiger partial charge in [0, 0.05) is 36.4 Å². The number of carbonyl (C=O) groups excluding carboxylic acids is 1. The average Bonchev–Trinajstić information content (AvgIpc) is 2.73. The summed E-state index contributed by atoms with van der Waals surface area (Å²) >= 11 is 11.9. The highest BCUT2D eigenvalue weighted by atomic mass is 35.5. The molecule has 0 N–H and O–H groups in total. The minimum absolute atomic E-state index is 0.0657. The molecule has 1 saturated heterocycles. The molecule has 1 fully saturated rings. The lowest BCUT2D eigenvalue weighted by atomic mass is 9.99. The van der Waals surface area contributed by atoms with E-state index in [-0.39, 0.29) is 17.8 Å². The Morgan fingerprint density at radius 3 is 2.89 bits per heavy atom. The lowest BCUT2D eigenvalue weighted by Gasteiger charge is -2.16. The number of rotatable bonds is 3. The molecule has 6 heteroatoms. The highest BCUT2D eigenvalue weighted by Gasteiger charge is 2.35. The van der Waals surface area contributed by atoms with Crippen molar-refractivity contribution < 1.29 is 9.53 Å². The van der Waals surface area contributed by atoms with Crippen LogP contribution in [0.3, 0.4) is 0 Å². The van der Waals surface area contributed by atoms with E-state index in [1.807, 2.05) is 0 Å². The molecule has 0 amide bonds. The van der Waals surface area contributed by atoms with Gasteiger partial charge in [0.1, 0.15) is 5.15 Å². The number of esters is 1. The molecule has 0 saturated carbocycles. The van der Waals surface area contributed by atoms with Crippen LogP contribution in [-0.2, 0) is 16.1 Å². The standard InChI is InChI=1S/C13H16Cl2N2O2/c1-8-5-17(7-10(8)13(18)19-2)6-9-4-16-12(15)3-11(9)14/h3-4,8,10H,5-7H2,1-2H3. The van der Waals surface area contributed by atoms with Crippen molar-refractivity contribution in [3.05, 3.63) is 28.0 Å². The molecule has 2 unspecified atom stereocenters. The van der Waals surface area contributed by atoms with Gasteiger partial charge in [-0.1, -0.05) is 30.1 Å². The summed E-state index contributed by atoms with van der Waals surface area (Å²) in [4.78, 5) is 17.8. The lowest BCUT2D eigenvalue weighted by molar-refractivity contribution is -0.146. The fourth-order valence-corrected chi connectivity index (χ4v) is 2.87. The van der Waals surface area contributed by atoms with Crippen LogP contribution in [0.15, 0.2) is 12.3 Å². The van der Waals surface area contributed by atoms with Crippen LogP contribution in [0.4, 0.5) is 0 Å². The number of methoxy groups -OCH3 is 1. The van der Waals surface area contributed by atoms with E-state index in [4.69, 9.17) is 27.9 Å². The van der Waals surface area contributed by atoms with Crippen LogP contribution in [0.1, 0.15) is 12.5 Å². The number of carbonyl (C=O) groups is 1. The number of aromatic nitrogens is 1. The molecule has 19 heavy (non-hydrogen) atoms. The van der Waals surface area contributed by atoms with Crippen molar-refractivity contribution >= 4 is 29.2 Å². The number of likely N-dealkylation sites (tertiary alicyclic amines) is 1. The Hall–Kier alpha value is -0.840. The van der Waals surface area contributed by atoms with E-state index in [0.29, 0.717) is 23.3 Å². The van der Waals surface area contributed by atoms with Crippen molar-refractivity contribution in [1.82, 2.24) is 9.88 Å². The number of ether oxygens (including phenoxy) is 1. The van der Waals surface area contributed by atoms with Gasteiger partial charge < -0.3 is 4.74 Å². The van der Waals surface area contributed by atoms with Gasteiger partial charge in [-0.3, -0.25) is 9.69 Å². The van der Waals surface area contributed by atoms with Gasteiger partial charge in [-0.15, -0.1) is 0 Å². The molecular formula is C13H16Cl2N2O2.